The largest absolute Gasteiger partial charge is 0.393 e. The van der Waals surface area contributed by atoms with Crippen molar-refractivity contribution in [2.24, 2.45) is 5.84 Å². The number of unbranched alkanes of at least 4 members (excludes halogenated alkanes) is 2. The van der Waals surface area contributed by atoms with Crippen molar-refractivity contribution in [3.63, 3.8) is 0 Å². The molecule has 16 heavy (non-hydrogen) atoms. The molecular weight excluding hydrogens is 206 g/mol. The molecule has 1 fully saturated rings. The summed E-state index contributed by atoms with van der Waals surface area (Å²) in [6.07, 6.45) is 5.31. The summed E-state index contributed by atoms with van der Waals surface area (Å²) >= 11 is 0. The Labute approximate surface area is 97.0 Å². The standard InChI is InChI=1S/C11H23N3O2/c12-13-11(16)4-2-1-3-7-14-8-5-10(15)6-9-14/h10,15H,1-9,12H2,(H,13,16). The SMILES string of the molecule is NNC(=O)CCCCCN1CCC(O)CC1. The normalized spacial score (nSPS) is 18.6. The maximum absolute atomic E-state index is 10.8. The summed E-state index contributed by atoms with van der Waals surface area (Å²) in [5.41, 5.74) is 2.13. The van der Waals surface area contributed by atoms with Gasteiger partial charge >= 0.3 is 0 Å². The maximum atomic E-state index is 10.8. The lowest BCUT2D eigenvalue weighted by Crippen LogP contribution is -2.36. The molecule has 1 aliphatic heterocycles. The van der Waals surface area contributed by atoms with Crippen LogP contribution in [0.15, 0.2) is 0 Å². The zero-order chi connectivity index (χ0) is 11.8. The first kappa shape index (κ1) is 13.4. The molecule has 1 rings (SSSR count). The van der Waals surface area contributed by atoms with Crippen LogP contribution in [0.3, 0.4) is 0 Å². The highest BCUT2D eigenvalue weighted by Gasteiger charge is 2.15. The first-order valence-corrected chi connectivity index (χ1v) is 6.12. The van der Waals surface area contributed by atoms with E-state index in [-0.39, 0.29) is 12.0 Å². The van der Waals surface area contributed by atoms with E-state index in [0.717, 1.165) is 51.7 Å². The van der Waals surface area contributed by atoms with Crippen LogP contribution in [-0.2, 0) is 4.79 Å². The molecule has 0 atom stereocenters. The number of amides is 1. The zero-order valence-corrected chi connectivity index (χ0v) is 9.82. The highest BCUT2D eigenvalue weighted by atomic mass is 16.3. The Morgan fingerprint density at radius 2 is 2.00 bits per heavy atom. The van der Waals surface area contributed by atoms with Crippen molar-refractivity contribution in [2.45, 2.75) is 44.6 Å². The van der Waals surface area contributed by atoms with Crippen LogP contribution in [-0.4, -0.2) is 41.7 Å². The van der Waals surface area contributed by atoms with Gasteiger partial charge in [0.15, 0.2) is 0 Å². The van der Waals surface area contributed by atoms with Crippen LogP contribution in [0, 0.1) is 0 Å². The van der Waals surface area contributed by atoms with E-state index >= 15 is 0 Å². The van der Waals surface area contributed by atoms with E-state index in [4.69, 9.17) is 5.84 Å². The third-order valence-corrected chi connectivity index (χ3v) is 3.10. The van der Waals surface area contributed by atoms with Crippen molar-refractivity contribution >= 4 is 5.91 Å². The number of hydrogen-bond acceptors (Lipinski definition) is 4. The molecule has 0 unspecified atom stereocenters. The Balaban J connectivity index is 1.93. The number of carbonyl (C=O) groups is 1. The van der Waals surface area contributed by atoms with Crippen molar-refractivity contribution in [1.82, 2.24) is 10.3 Å². The highest BCUT2D eigenvalue weighted by molar-refractivity contribution is 5.74. The van der Waals surface area contributed by atoms with Gasteiger partial charge in [0.1, 0.15) is 0 Å². The molecule has 94 valence electrons. The summed E-state index contributed by atoms with van der Waals surface area (Å²) in [6.45, 7) is 3.09. The van der Waals surface area contributed by atoms with Gasteiger partial charge in [-0.25, -0.2) is 5.84 Å². The Bertz CT molecular complexity index is 203. The summed E-state index contributed by atoms with van der Waals surface area (Å²) < 4.78 is 0. The number of aliphatic hydroxyl groups is 1. The van der Waals surface area contributed by atoms with Gasteiger partial charge in [0.2, 0.25) is 5.91 Å². The minimum atomic E-state index is -0.0931. The van der Waals surface area contributed by atoms with Crippen LogP contribution in [0.5, 0.6) is 0 Å². The fourth-order valence-corrected chi connectivity index (χ4v) is 2.01. The molecule has 1 amide bonds. The quantitative estimate of drug-likeness (QED) is 0.259. The smallest absolute Gasteiger partial charge is 0.233 e. The Morgan fingerprint density at radius 1 is 1.31 bits per heavy atom. The maximum Gasteiger partial charge on any atom is 0.233 e. The number of hydrazine groups is 1. The third-order valence-electron chi connectivity index (χ3n) is 3.10. The van der Waals surface area contributed by atoms with Crippen LogP contribution < -0.4 is 11.3 Å². The number of aliphatic hydroxyl groups excluding tert-OH is 1. The van der Waals surface area contributed by atoms with Crippen molar-refractivity contribution in [2.75, 3.05) is 19.6 Å². The van der Waals surface area contributed by atoms with Crippen LogP contribution in [0.2, 0.25) is 0 Å². The first-order valence-electron chi connectivity index (χ1n) is 6.12. The summed E-state index contributed by atoms with van der Waals surface area (Å²) in [6, 6.07) is 0. The molecule has 0 spiro atoms. The Hall–Kier alpha value is -0.650. The molecule has 1 saturated heterocycles. The van der Waals surface area contributed by atoms with E-state index in [0.29, 0.717) is 6.42 Å². The molecule has 5 nitrogen and oxygen atoms in total. The number of piperidine rings is 1. The fraction of sp³-hybridized carbons (Fsp3) is 0.909. The van der Waals surface area contributed by atoms with Crippen molar-refractivity contribution in [1.29, 1.82) is 0 Å². The second-order valence-electron chi connectivity index (χ2n) is 4.45. The monoisotopic (exact) mass is 229 g/mol. The van der Waals surface area contributed by atoms with Gasteiger partial charge in [0.05, 0.1) is 6.10 Å². The van der Waals surface area contributed by atoms with Crippen LogP contribution in [0.25, 0.3) is 0 Å². The predicted octanol–water partition coefficient (Wildman–Crippen LogP) is -0.00660. The Kier molecular flexibility index (Phi) is 6.37. The molecule has 1 heterocycles. The zero-order valence-electron chi connectivity index (χ0n) is 9.82. The summed E-state index contributed by atoms with van der Waals surface area (Å²) in [4.78, 5) is 13.2. The van der Waals surface area contributed by atoms with Crippen molar-refractivity contribution < 1.29 is 9.90 Å². The van der Waals surface area contributed by atoms with Crippen molar-refractivity contribution in [3.05, 3.63) is 0 Å². The van der Waals surface area contributed by atoms with E-state index in [1.807, 2.05) is 0 Å². The number of rotatable bonds is 6. The number of hydrogen-bond donors (Lipinski definition) is 3. The third kappa shape index (κ3) is 5.44. The molecule has 0 aliphatic carbocycles. The molecule has 0 saturated carbocycles. The minimum Gasteiger partial charge on any atom is -0.393 e. The van der Waals surface area contributed by atoms with Gasteiger partial charge in [0.25, 0.3) is 0 Å². The van der Waals surface area contributed by atoms with Gasteiger partial charge < -0.3 is 10.0 Å². The first-order chi connectivity index (χ1) is 7.72. The average Bonchev–Trinajstić information content (AvgIpc) is 2.31. The van der Waals surface area contributed by atoms with E-state index in [2.05, 4.69) is 10.3 Å². The molecule has 1 aliphatic rings. The van der Waals surface area contributed by atoms with E-state index in [1.165, 1.54) is 0 Å². The lowest BCUT2D eigenvalue weighted by Gasteiger charge is -2.29. The number of likely N-dealkylation sites (tertiary alicyclic amines) is 1. The number of nitrogens with zero attached hydrogens (tertiary/aromatic N) is 1. The van der Waals surface area contributed by atoms with Gasteiger partial charge in [-0.2, -0.15) is 0 Å². The summed E-state index contributed by atoms with van der Waals surface area (Å²) in [5, 5.41) is 9.34. The predicted molar refractivity (Wildman–Crippen MR) is 62.5 cm³/mol. The molecule has 4 N–H and O–H groups in total. The van der Waals surface area contributed by atoms with Crippen LogP contribution in [0.4, 0.5) is 0 Å². The van der Waals surface area contributed by atoms with Gasteiger partial charge in [-0.3, -0.25) is 10.2 Å². The van der Waals surface area contributed by atoms with Gasteiger partial charge in [-0.1, -0.05) is 6.42 Å². The Morgan fingerprint density at radius 3 is 2.62 bits per heavy atom. The fourth-order valence-electron chi connectivity index (χ4n) is 2.01. The average molecular weight is 229 g/mol. The lowest BCUT2D eigenvalue weighted by atomic mass is 10.1. The lowest BCUT2D eigenvalue weighted by molar-refractivity contribution is -0.121. The topological polar surface area (TPSA) is 78.6 Å². The van der Waals surface area contributed by atoms with Gasteiger partial charge in [0, 0.05) is 19.5 Å². The summed E-state index contributed by atoms with van der Waals surface area (Å²) in [5.74, 6) is 4.90. The minimum absolute atomic E-state index is 0.0823. The molecular formula is C11H23N3O2. The molecule has 0 bridgehead atoms. The van der Waals surface area contributed by atoms with Crippen LogP contribution in [0.1, 0.15) is 38.5 Å². The number of carbonyl (C=O) groups excluding carboxylic acids is 1. The highest BCUT2D eigenvalue weighted by Crippen LogP contribution is 2.11. The second kappa shape index (κ2) is 7.60. The molecule has 5 heteroatoms. The molecule has 0 aromatic carbocycles. The van der Waals surface area contributed by atoms with Gasteiger partial charge in [-0.05, 0) is 32.2 Å². The van der Waals surface area contributed by atoms with E-state index in [9.17, 15) is 9.90 Å². The van der Waals surface area contributed by atoms with Crippen LogP contribution >= 0.6 is 0 Å². The molecule has 0 aromatic rings. The van der Waals surface area contributed by atoms with Crippen molar-refractivity contribution in [3.8, 4) is 0 Å². The number of nitrogens with one attached hydrogen (secondary N) is 1. The van der Waals surface area contributed by atoms with E-state index in [1.54, 1.807) is 0 Å². The van der Waals surface area contributed by atoms with Gasteiger partial charge in [-0.15, -0.1) is 0 Å². The molecule has 0 radical (unpaired) electrons. The van der Waals surface area contributed by atoms with E-state index < -0.39 is 0 Å². The number of nitrogens with two attached hydrogens (primary N) is 1. The second-order valence-corrected chi connectivity index (χ2v) is 4.45. The molecule has 0 aromatic heterocycles. The summed E-state index contributed by atoms with van der Waals surface area (Å²) in [7, 11) is 0.